The monoisotopic (exact) mass is 333 g/mol. The third-order valence-electron chi connectivity index (χ3n) is 3.12. The molecule has 3 rings (SSSR count). The third kappa shape index (κ3) is 2.67. The lowest BCUT2D eigenvalue weighted by atomic mass is 9.96. The maximum atomic E-state index is 14.2. The van der Waals surface area contributed by atoms with E-state index in [-0.39, 0.29) is 20.4 Å². The van der Waals surface area contributed by atoms with E-state index in [0.29, 0.717) is 5.56 Å². The zero-order valence-corrected chi connectivity index (χ0v) is 12.7. The minimum Gasteiger partial charge on any atom is -0.307 e. The minimum atomic E-state index is -0.724. The van der Waals surface area contributed by atoms with Gasteiger partial charge >= 0.3 is 0 Å². The Labute approximate surface area is 135 Å². The second kappa shape index (κ2) is 5.98. The molecule has 0 radical (unpaired) electrons. The van der Waals surface area contributed by atoms with Gasteiger partial charge in [-0.3, -0.25) is 4.79 Å². The number of nitrogens with one attached hydrogen (secondary N) is 1. The zero-order chi connectivity index (χ0) is 15.7. The predicted octanol–water partition coefficient (Wildman–Crippen LogP) is 3.87. The zero-order valence-electron chi connectivity index (χ0n) is 11.1. The SMILES string of the molecule is O=C1NC(=S)SC1=C(c1ccccc1)c1c(F)cccc1F. The van der Waals surface area contributed by atoms with E-state index >= 15 is 0 Å². The number of halogens is 2. The van der Waals surface area contributed by atoms with Gasteiger partial charge in [-0.25, -0.2) is 8.78 Å². The molecule has 110 valence electrons. The number of benzene rings is 2. The predicted molar refractivity (Wildman–Crippen MR) is 87.2 cm³/mol. The average molecular weight is 333 g/mol. The van der Waals surface area contributed by atoms with Crippen molar-refractivity contribution in [3.8, 4) is 0 Å². The highest BCUT2D eigenvalue weighted by atomic mass is 32.2. The van der Waals surface area contributed by atoms with Gasteiger partial charge in [-0.1, -0.05) is 60.4 Å². The summed E-state index contributed by atoms with van der Waals surface area (Å²) in [6, 6.07) is 12.3. The molecule has 0 bridgehead atoms. The lowest BCUT2D eigenvalue weighted by Gasteiger charge is -2.12. The molecule has 1 aliphatic heterocycles. The van der Waals surface area contributed by atoms with Crippen LogP contribution in [0, 0.1) is 11.6 Å². The number of amides is 1. The van der Waals surface area contributed by atoms with Gasteiger partial charge in [-0.2, -0.15) is 0 Å². The van der Waals surface area contributed by atoms with Crippen molar-refractivity contribution in [2.24, 2.45) is 0 Å². The fourth-order valence-corrected chi connectivity index (χ4v) is 3.35. The molecule has 0 aromatic heterocycles. The molecular formula is C16H9F2NOS2. The molecule has 1 fully saturated rings. The van der Waals surface area contributed by atoms with Crippen molar-refractivity contribution in [3.05, 3.63) is 76.2 Å². The summed E-state index contributed by atoms with van der Waals surface area (Å²) in [6.07, 6.45) is 0. The highest BCUT2D eigenvalue weighted by molar-refractivity contribution is 8.26. The summed E-state index contributed by atoms with van der Waals surface area (Å²) >= 11 is 5.97. The van der Waals surface area contributed by atoms with Crippen molar-refractivity contribution in [2.75, 3.05) is 0 Å². The van der Waals surface area contributed by atoms with E-state index in [1.54, 1.807) is 30.3 Å². The lowest BCUT2D eigenvalue weighted by Crippen LogP contribution is -2.18. The largest absolute Gasteiger partial charge is 0.307 e. The maximum Gasteiger partial charge on any atom is 0.264 e. The van der Waals surface area contributed by atoms with E-state index in [4.69, 9.17) is 12.2 Å². The fraction of sp³-hybridized carbons (Fsp3) is 0. The first-order valence-electron chi connectivity index (χ1n) is 6.35. The Morgan fingerprint density at radius 1 is 1.00 bits per heavy atom. The first kappa shape index (κ1) is 14.9. The van der Waals surface area contributed by atoms with Crippen molar-refractivity contribution >= 4 is 39.8 Å². The van der Waals surface area contributed by atoms with Crippen LogP contribution in [0.3, 0.4) is 0 Å². The molecule has 0 unspecified atom stereocenters. The van der Waals surface area contributed by atoms with Gasteiger partial charge in [0.2, 0.25) is 0 Å². The van der Waals surface area contributed by atoms with E-state index in [1.807, 2.05) is 0 Å². The number of hydrogen-bond donors (Lipinski definition) is 1. The summed E-state index contributed by atoms with van der Waals surface area (Å²) in [5, 5.41) is 2.48. The molecule has 0 aliphatic carbocycles. The summed E-state index contributed by atoms with van der Waals surface area (Å²) in [5.41, 5.74) is 0.531. The van der Waals surface area contributed by atoms with Crippen molar-refractivity contribution in [3.63, 3.8) is 0 Å². The molecule has 0 atom stereocenters. The Morgan fingerprint density at radius 3 is 2.18 bits per heavy atom. The highest BCUT2D eigenvalue weighted by Crippen LogP contribution is 2.38. The van der Waals surface area contributed by atoms with E-state index in [1.165, 1.54) is 6.07 Å². The maximum absolute atomic E-state index is 14.2. The van der Waals surface area contributed by atoms with Crippen LogP contribution < -0.4 is 5.32 Å². The smallest absolute Gasteiger partial charge is 0.264 e. The van der Waals surface area contributed by atoms with Crippen LogP contribution in [0.4, 0.5) is 8.78 Å². The van der Waals surface area contributed by atoms with Crippen LogP contribution in [0.2, 0.25) is 0 Å². The average Bonchev–Trinajstić information content (AvgIpc) is 2.82. The molecule has 1 N–H and O–H groups in total. The number of rotatable bonds is 2. The molecule has 2 nitrogen and oxygen atoms in total. The molecule has 6 heteroatoms. The van der Waals surface area contributed by atoms with E-state index < -0.39 is 17.5 Å². The van der Waals surface area contributed by atoms with Crippen LogP contribution >= 0.6 is 24.0 Å². The molecule has 22 heavy (non-hydrogen) atoms. The molecule has 1 saturated heterocycles. The molecule has 2 aromatic carbocycles. The van der Waals surface area contributed by atoms with Gasteiger partial charge in [0.05, 0.1) is 10.5 Å². The molecule has 0 spiro atoms. The van der Waals surface area contributed by atoms with Crippen molar-refractivity contribution in [1.82, 2.24) is 5.32 Å². The first-order chi connectivity index (χ1) is 10.6. The summed E-state index contributed by atoms with van der Waals surface area (Å²) in [7, 11) is 0. The van der Waals surface area contributed by atoms with Gasteiger partial charge in [-0.05, 0) is 17.7 Å². The topological polar surface area (TPSA) is 29.1 Å². The van der Waals surface area contributed by atoms with Crippen LogP contribution in [-0.4, -0.2) is 10.2 Å². The number of carbonyl (C=O) groups is 1. The van der Waals surface area contributed by atoms with Crippen LogP contribution in [0.15, 0.2) is 53.4 Å². The first-order valence-corrected chi connectivity index (χ1v) is 7.57. The Kier molecular flexibility index (Phi) is 4.04. The molecule has 0 saturated carbocycles. The summed E-state index contributed by atoms with van der Waals surface area (Å²) < 4.78 is 28.7. The van der Waals surface area contributed by atoms with Crippen LogP contribution in [0.1, 0.15) is 11.1 Å². The third-order valence-corrected chi connectivity index (χ3v) is 4.35. The summed E-state index contributed by atoms with van der Waals surface area (Å²) in [6.45, 7) is 0. The van der Waals surface area contributed by atoms with Crippen molar-refractivity contribution in [1.29, 1.82) is 0 Å². The molecular weight excluding hydrogens is 324 g/mol. The molecule has 2 aromatic rings. The van der Waals surface area contributed by atoms with Crippen LogP contribution in [-0.2, 0) is 4.79 Å². The van der Waals surface area contributed by atoms with Crippen molar-refractivity contribution in [2.45, 2.75) is 0 Å². The van der Waals surface area contributed by atoms with Gasteiger partial charge in [0.25, 0.3) is 5.91 Å². The summed E-state index contributed by atoms with van der Waals surface area (Å²) in [4.78, 5) is 12.3. The van der Waals surface area contributed by atoms with Gasteiger partial charge in [0.1, 0.15) is 16.0 Å². The highest BCUT2D eigenvalue weighted by Gasteiger charge is 2.29. The fourth-order valence-electron chi connectivity index (χ4n) is 2.21. The second-order valence-corrected chi connectivity index (χ2v) is 6.20. The van der Waals surface area contributed by atoms with Gasteiger partial charge < -0.3 is 5.32 Å². The minimum absolute atomic E-state index is 0.195. The number of thioether (sulfide) groups is 1. The number of carbonyl (C=O) groups excluding carboxylic acids is 1. The Hall–Kier alpha value is -2.05. The van der Waals surface area contributed by atoms with Crippen molar-refractivity contribution < 1.29 is 13.6 Å². The normalized spacial score (nSPS) is 16.6. The van der Waals surface area contributed by atoms with Gasteiger partial charge in [-0.15, -0.1) is 0 Å². The number of thiocarbonyl (C=S) groups is 1. The second-order valence-electron chi connectivity index (χ2n) is 4.51. The Balaban J connectivity index is 2.33. The van der Waals surface area contributed by atoms with Crippen LogP contribution in [0.5, 0.6) is 0 Å². The van der Waals surface area contributed by atoms with E-state index in [0.717, 1.165) is 23.9 Å². The Morgan fingerprint density at radius 2 is 1.64 bits per heavy atom. The molecule has 1 heterocycles. The standard InChI is InChI=1S/C16H9F2NOS2/c17-10-7-4-8-11(18)13(10)12(9-5-2-1-3-6-9)14-15(20)19-16(21)22-14/h1-8H,(H,19,20,21). The van der Waals surface area contributed by atoms with E-state index in [2.05, 4.69) is 5.32 Å². The van der Waals surface area contributed by atoms with Gasteiger partial charge in [0, 0.05) is 5.57 Å². The molecule has 1 amide bonds. The van der Waals surface area contributed by atoms with Gasteiger partial charge in [0.15, 0.2) is 0 Å². The lowest BCUT2D eigenvalue weighted by molar-refractivity contribution is -0.115. The quantitative estimate of drug-likeness (QED) is 0.668. The molecule has 1 aliphatic rings. The van der Waals surface area contributed by atoms with Crippen LogP contribution in [0.25, 0.3) is 5.57 Å². The Bertz CT molecular complexity index is 783. The number of hydrogen-bond acceptors (Lipinski definition) is 3. The van der Waals surface area contributed by atoms with E-state index in [9.17, 15) is 13.6 Å². The summed E-state index contributed by atoms with van der Waals surface area (Å²) in [5.74, 6) is -1.90.